The van der Waals surface area contributed by atoms with E-state index in [1.54, 1.807) is 0 Å². The molecule has 15 heavy (non-hydrogen) atoms. The monoisotopic (exact) mass is 216 g/mol. The molecular weight excluding hydrogens is 196 g/mol. The lowest BCUT2D eigenvalue weighted by Crippen LogP contribution is -2.18. The molecule has 0 aliphatic carbocycles. The maximum absolute atomic E-state index is 10.6. The number of hydrogen-bond acceptors (Lipinski definition) is 3. The number of carbonyl (C=O) groups excluding carboxylic acids is 1. The molecule has 0 aliphatic heterocycles. The molecule has 0 saturated heterocycles. The van der Waals surface area contributed by atoms with E-state index in [9.17, 15) is 9.59 Å². The highest BCUT2D eigenvalue weighted by molar-refractivity contribution is 6.28. The molecule has 0 fully saturated rings. The van der Waals surface area contributed by atoms with E-state index in [4.69, 9.17) is 5.11 Å². The summed E-state index contributed by atoms with van der Waals surface area (Å²) in [5.41, 5.74) is 0. The van der Waals surface area contributed by atoms with Crippen LogP contribution in [0.1, 0.15) is 46.0 Å². The number of unbranched alkanes of at least 4 members (excludes halogenated alkanes) is 1. The smallest absolute Gasteiger partial charge is 0.417 e. The zero-order valence-corrected chi connectivity index (χ0v) is 9.49. The van der Waals surface area contributed by atoms with Crippen LogP contribution < -0.4 is 0 Å². The molecule has 0 spiro atoms. The molecule has 1 N–H and O–H groups in total. The Morgan fingerprint density at radius 2 is 1.93 bits per heavy atom. The molecule has 0 rings (SSSR count). The quantitative estimate of drug-likeness (QED) is 0.523. The molecule has 4 nitrogen and oxygen atoms in total. The summed E-state index contributed by atoms with van der Waals surface area (Å²) >= 11 is 0. The fourth-order valence-electron chi connectivity index (χ4n) is 1.43. The fraction of sp³-hybridized carbons (Fsp3) is 0.818. The SMILES string of the molecule is CCCCC(CC)CCOC(=O)C(=O)O. The maximum Gasteiger partial charge on any atom is 0.417 e. The number of ether oxygens (including phenoxy) is 1. The Balaban J connectivity index is 3.62. The summed E-state index contributed by atoms with van der Waals surface area (Å²) in [5, 5.41) is 8.27. The van der Waals surface area contributed by atoms with E-state index in [0.717, 1.165) is 25.7 Å². The highest BCUT2D eigenvalue weighted by Crippen LogP contribution is 2.16. The van der Waals surface area contributed by atoms with Crippen molar-refractivity contribution >= 4 is 11.9 Å². The van der Waals surface area contributed by atoms with Gasteiger partial charge in [0, 0.05) is 0 Å². The van der Waals surface area contributed by atoms with E-state index in [0.29, 0.717) is 5.92 Å². The second kappa shape index (κ2) is 8.26. The summed E-state index contributed by atoms with van der Waals surface area (Å²) in [6.07, 6.45) is 5.26. The Kier molecular flexibility index (Phi) is 7.68. The van der Waals surface area contributed by atoms with Crippen LogP contribution in [0.25, 0.3) is 0 Å². The topological polar surface area (TPSA) is 63.6 Å². The van der Waals surface area contributed by atoms with Gasteiger partial charge in [-0.1, -0.05) is 39.5 Å². The first-order chi connectivity index (χ1) is 7.11. The van der Waals surface area contributed by atoms with Crippen molar-refractivity contribution in [2.75, 3.05) is 6.61 Å². The molecule has 0 radical (unpaired) electrons. The molecule has 0 saturated carbocycles. The lowest BCUT2D eigenvalue weighted by atomic mass is 9.96. The van der Waals surface area contributed by atoms with Crippen molar-refractivity contribution in [3.63, 3.8) is 0 Å². The molecule has 0 amide bonds. The first-order valence-corrected chi connectivity index (χ1v) is 5.51. The molecule has 0 aromatic heterocycles. The zero-order valence-electron chi connectivity index (χ0n) is 9.49. The highest BCUT2D eigenvalue weighted by atomic mass is 16.6. The first-order valence-electron chi connectivity index (χ1n) is 5.51. The number of esters is 1. The predicted octanol–water partition coefficient (Wildman–Crippen LogP) is 2.22. The Hall–Kier alpha value is -1.06. The third-order valence-corrected chi connectivity index (χ3v) is 2.48. The molecule has 0 heterocycles. The predicted molar refractivity (Wildman–Crippen MR) is 56.5 cm³/mol. The Morgan fingerprint density at radius 1 is 1.27 bits per heavy atom. The van der Waals surface area contributed by atoms with Crippen molar-refractivity contribution in [1.29, 1.82) is 0 Å². The van der Waals surface area contributed by atoms with Crippen LogP contribution in [0.5, 0.6) is 0 Å². The van der Waals surface area contributed by atoms with E-state index in [1.807, 2.05) is 0 Å². The standard InChI is InChI=1S/C11H20O4/c1-3-5-6-9(4-2)7-8-15-11(14)10(12)13/h9H,3-8H2,1-2H3,(H,12,13). The summed E-state index contributed by atoms with van der Waals surface area (Å²) < 4.78 is 4.58. The van der Waals surface area contributed by atoms with Crippen LogP contribution in [-0.4, -0.2) is 23.7 Å². The zero-order chi connectivity index (χ0) is 11.7. The molecule has 1 atom stereocenters. The van der Waals surface area contributed by atoms with E-state index >= 15 is 0 Å². The lowest BCUT2D eigenvalue weighted by Gasteiger charge is -2.13. The lowest BCUT2D eigenvalue weighted by molar-refractivity contribution is -0.164. The minimum atomic E-state index is -1.52. The molecule has 0 aromatic carbocycles. The van der Waals surface area contributed by atoms with Gasteiger partial charge in [0.1, 0.15) is 0 Å². The molecule has 1 unspecified atom stereocenters. The van der Waals surface area contributed by atoms with Gasteiger partial charge in [-0.15, -0.1) is 0 Å². The Bertz CT molecular complexity index is 201. The summed E-state index contributed by atoms with van der Waals surface area (Å²) in [6, 6.07) is 0. The van der Waals surface area contributed by atoms with Crippen LogP contribution in [-0.2, 0) is 14.3 Å². The second-order valence-corrected chi connectivity index (χ2v) is 3.65. The minimum absolute atomic E-state index is 0.216. The van der Waals surface area contributed by atoms with Crippen molar-refractivity contribution in [2.45, 2.75) is 46.0 Å². The van der Waals surface area contributed by atoms with Crippen molar-refractivity contribution in [3.05, 3.63) is 0 Å². The van der Waals surface area contributed by atoms with Crippen molar-refractivity contribution in [1.82, 2.24) is 0 Å². The minimum Gasteiger partial charge on any atom is -0.473 e. The molecular formula is C11H20O4. The van der Waals surface area contributed by atoms with Gasteiger partial charge in [0.25, 0.3) is 0 Å². The Labute approximate surface area is 90.6 Å². The van der Waals surface area contributed by atoms with Crippen LogP contribution >= 0.6 is 0 Å². The fourth-order valence-corrected chi connectivity index (χ4v) is 1.43. The van der Waals surface area contributed by atoms with Gasteiger partial charge < -0.3 is 9.84 Å². The van der Waals surface area contributed by atoms with Crippen molar-refractivity contribution < 1.29 is 19.4 Å². The highest BCUT2D eigenvalue weighted by Gasteiger charge is 2.13. The number of carbonyl (C=O) groups is 2. The average Bonchev–Trinajstić information content (AvgIpc) is 2.22. The largest absolute Gasteiger partial charge is 0.473 e. The Morgan fingerprint density at radius 3 is 2.40 bits per heavy atom. The summed E-state index contributed by atoms with van der Waals surface area (Å²) in [7, 11) is 0. The molecule has 4 heteroatoms. The maximum atomic E-state index is 10.6. The van der Waals surface area contributed by atoms with Gasteiger partial charge in [0.15, 0.2) is 0 Å². The molecule has 88 valence electrons. The van der Waals surface area contributed by atoms with Crippen molar-refractivity contribution in [2.24, 2.45) is 5.92 Å². The van der Waals surface area contributed by atoms with Crippen LogP contribution in [0.3, 0.4) is 0 Å². The number of carboxylic acid groups (broad SMARTS) is 1. The molecule has 0 bridgehead atoms. The van der Waals surface area contributed by atoms with E-state index in [1.165, 1.54) is 6.42 Å². The third kappa shape index (κ3) is 6.94. The second-order valence-electron chi connectivity index (χ2n) is 3.65. The summed E-state index contributed by atoms with van der Waals surface area (Å²) in [6.45, 7) is 4.45. The van der Waals surface area contributed by atoms with Gasteiger partial charge in [-0.25, -0.2) is 9.59 Å². The van der Waals surface area contributed by atoms with Crippen molar-refractivity contribution in [3.8, 4) is 0 Å². The summed E-state index contributed by atoms with van der Waals surface area (Å²) in [5.74, 6) is -2.14. The van der Waals surface area contributed by atoms with Gasteiger partial charge >= 0.3 is 11.9 Å². The average molecular weight is 216 g/mol. The van der Waals surface area contributed by atoms with Gasteiger partial charge in [-0.2, -0.15) is 0 Å². The van der Waals surface area contributed by atoms with E-state index in [2.05, 4.69) is 18.6 Å². The molecule has 0 aromatic rings. The van der Waals surface area contributed by atoms with Crippen LogP contribution in [0, 0.1) is 5.92 Å². The van der Waals surface area contributed by atoms with Gasteiger partial charge in [-0.3, -0.25) is 0 Å². The number of hydrogen-bond donors (Lipinski definition) is 1. The van der Waals surface area contributed by atoms with E-state index < -0.39 is 11.9 Å². The number of carboxylic acids is 1. The van der Waals surface area contributed by atoms with Gasteiger partial charge in [0.05, 0.1) is 6.61 Å². The van der Waals surface area contributed by atoms with Gasteiger partial charge in [0.2, 0.25) is 0 Å². The summed E-state index contributed by atoms with van der Waals surface area (Å²) in [4.78, 5) is 20.7. The normalized spacial score (nSPS) is 12.1. The third-order valence-electron chi connectivity index (χ3n) is 2.48. The van der Waals surface area contributed by atoms with Gasteiger partial charge in [-0.05, 0) is 12.3 Å². The van der Waals surface area contributed by atoms with E-state index in [-0.39, 0.29) is 6.61 Å². The van der Waals surface area contributed by atoms with Crippen LogP contribution in [0.4, 0.5) is 0 Å². The van der Waals surface area contributed by atoms with Crippen LogP contribution in [0.15, 0.2) is 0 Å². The van der Waals surface area contributed by atoms with Crippen LogP contribution in [0.2, 0.25) is 0 Å². The number of aliphatic carboxylic acids is 1. The number of rotatable bonds is 7. The molecule has 0 aliphatic rings. The first kappa shape index (κ1) is 13.9.